The number of hydrogen-bond donors (Lipinski definition) is 2. The number of rotatable bonds is 9. The molecule has 0 saturated carbocycles. The number of hydrogen-bond acceptors (Lipinski definition) is 7. The van der Waals surface area contributed by atoms with Gasteiger partial charge in [-0.1, -0.05) is 40.5 Å². The van der Waals surface area contributed by atoms with Crippen molar-refractivity contribution in [2.24, 2.45) is 0 Å². The Labute approximate surface area is 246 Å². The first-order valence-electron chi connectivity index (χ1n) is 11.9. The number of benzene rings is 3. The van der Waals surface area contributed by atoms with Crippen LogP contribution in [0, 0.1) is 0 Å². The van der Waals surface area contributed by atoms with E-state index >= 15 is 0 Å². The van der Waals surface area contributed by atoms with Crippen molar-refractivity contribution in [3.63, 3.8) is 0 Å². The maximum absolute atomic E-state index is 13.3. The molecule has 1 aliphatic heterocycles. The first kappa shape index (κ1) is 30.4. The summed E-state index contributed by atoms with van der Waals surface area (Å²) in [6, 6.07) is 15.2. The van der Waals surface area contributed by atoms with Gasteiger partial charge in [-0.2, -0.15) is 0 Å². The molecule has 1 amide bonds. The van der Waals surface area contributed by atoms with Gasteiger partial charge in [-0.15, -0.1) is 6.58 Å². The van der Waals surface area contributed by atoms with Crippen LogP contribution < -0.4 is 10.0 Å². The molecule has 40 heavy (non-hydrogen) atoms. The Morgan fingerprint density at radius 1 is 0.925 bits per heavy atom. The van der Waals surface area contributed by atoms with Crippen molar-refractivity contribution in [2.75, 3.05) is 34.6 Å². The van der Waals surface area contributed by atoms with E-state index in [9.17, 15) is 26.2 Å². The summed E-state index contributed by atoms with van der Waals surface area (Å²) in [5.41, 5.74) is 0.224. The molecule has 212 valence electrons. The maximum Gasteiger partial charge on any atom is 0.261 e. The van der Waals surface area contributed by atoms with E-state index in [4.69, 9.17) is 23.2 Å². The Kier molecular flexibility index (Phi) is 9.51. The second-order valence-electron chi connectivity index (χ2n) is 8.78. The van der Waals surface area contributed by atoms with Crippen LogP contribution in [0.2, 0.25) is 10.0 Å². The van der Waals surface area contributed by atoms with Crippen molar-refractivity contribution >= 4 is 71.5 Å². The quantitative estimate of drug-likeness (QED) is 0.261. The number of sulfone groups is 1. The molecule has 3 aromatic rings. The summed E-state index contributed by atoms with van der Waals surface area (Å²) in [6.45, 7) is 4.43. The number of halogens is 2. The number of amides is 1. The lowest BCUT2D eigenvalue weighted by Gasteiger charge is -2.32. The van der Waals surface area contributed by atoms with Crippen molar-refractivity contribution in [3.05, 3.63) is 95.0 Å². The van der Waals surface area contributed by atoms with Gasteiger partial charge in [-0.25, -0.2) is 16.8 Å². The normalized spacial score (nSPS) is 15.8. The second-order valence-corrected chi connectivity index (χ2v) is 15.1. The molecule has 9 nitrogen and oxygen atoms in total. The molecule has 0 aliphatic carbocycles. The number of anilines is 2. The zero-order valence-electron chi connectivity index (χ0n) is 20.9. The van der Waals surface area contributed by atoms with Gasteiger partial charge in [0.25, 0.3) is 15.9 Å². The highest BCUT2D eigenvalue weighted by atomic mass is 35.5. The number of nitrogens with zero attached hydrogens (tertiary/aromatic N) is 1. The number of carbonyl (C=O) groups excluding carboxylic acids is 1. The van der Waals surface area contributed by atoms with Gasteiger partial charge in [-0.05, 0) is 66.7 Å². The lowest BCUT2D eigenvalue weighted by Crippen LogP contribution is -2.48. The average molecular weight is 643 g/mol. The molecule has 1 unspecified atom stereocenters. The predicted molar refractivity (Wildman–Crippen MR) is 159 cm³/mol. The van der Waals surface area contributed by atoms with E-state index in [0.29, 0.717) is 29.6 Å². The SMILES string of the molecule is C=CC(N1CC[S+]([O-])CC1)S(=O)(=O)c1ccc(NC(=O)c2cc(Cl)ccc2NS(=O)(=O)c2ccc(Cl)cc2)cc1. The van der Waals surface area contributed by atoms with Crippen molar-refractivity contribution < 1.29 is 26.2 Å². The van der Waals surface area contributed by atoms with Crippen LogP contribution in [0.3, 0.4) is 0 Å². The van der Waals surface area contributed by atoms with Crippen molar-refractivity contribution in [1.82, 2.24) is 4.90 Å². The number of sulfonamides is 1. The summed E-state index contributed by atoms with van der Waals surface area (Å²) in [6.07, 6.45) is 1.35. The molecule has 4 rings (SSSR count). The van der Waals surface area contributed by atoms with Crippen molar-refractivity contribution in [1.29, 1.82) is 0 Å². The van der Waals surface area contributed by atoms with E-state index in [1.165, 1.54) is 72.8 Å². The Hall–Kier alpha value is -2.58. The smallest absolute Gasteiger partial charge is 0.261 e. The molecule has 1 fully saturated rings. The lowest BCUT2D eigenvalue weighted by atomic mass is 10.1. The topological polar surface area (TPSA) is 136 Å². The molecule has 14 heteroatoms. The summed E-state index contributed by atoms with van der Waals surface area (Å²) < 4.78 is 66.4. The Morgan fingerprint density at radius 2 is 1.50 bits per heavy atom. The minimum atomic E-state index is -4.04. The van der Waals surface area contributed by atoms with Gasteiger partial charge < -0.3 is 9.87 Å². The van der Waals surface area contributed by atoms with Crippen LogP contribution in [0.5, 0.6) is 0 Å². The second kappa shape index (κ2) is 12.5. The van der Waals surface area contributed by atoms with E-state index in [2.05, 4.69) is 16.6 Å². The fourth-order valence-electron chi connectivity index (χ4n) is 4.06. The van der Waals surface area contributed by atoms with Gasteiger partial charge in [-0.3, -0.25) is 14.4 Å². The molecule has 0 aromatic heterocycles. The molecular weight excluding hydrogens is 617 g/mol. The highest BCUT2D eigenvalue weighted by molar-refractivity contribution is 7.93. The van der Waals surface area contributed by atoms with Crippen LogP contribution in [-0.4, -0.2) is 62.2 Å². The zero-order valence-corrected chi connectivity index (χ0v) is 24.9. The molecule has 1 saturated heterocycles. The van der Waals surface area contributed by atoms with E-state index in [1.54, 1.807) is 4.90 Å². The zero-order chi connectivity index (χ0) is 29.1. The third-order valence-electron chi connectivity index (χ3n) is 6.13. The van der Waals surface area contributed by atoms with Gasteiger partial charge in [0.1, 0.15) is 16.9 Å². The molecule has 1 heterocycles. The van der Waals surface area contributed by atoms with Crippen LogP contribution >= 0.6 is 23.2 Å². The largest absolute Gasteiger partial charge is 0.616 e. The van der Waals surface area contributed by atoms with Crippen LogP contribution in [-0.2, 0) is 31.0 Å². The Bertz CT molecular complexity index is 1610. The lowest BCUT2D eigenvalue weighted by molar-refractivity contribution is 0.102. The third kappa shape index (κ3) is 7.00. The Morgan fingerprint density at radius 3 is 2.10 bits per heavy atom. The van der Waals surface area contributed by atoms with Crippen LogP contribution in [0.1, 0.15) is 10.4 Å². The molecule has 3 aromatic carbocycles. The summed E-state index contributed by atoms with van der Waals surface area (Å²) in [5, 5.41) is 2.24. The van der Waals surface area contributed by atoms with Gasteiger partial charge >= 0.3 is 0 Å². The molecule has 2 N–H and O–H groups in total. The average Bonchev–Trinajstić information content (AvgIpc) is 2.91. The maximum atomic E-state index is 13.3. The van der Waals surface area contributed by atoms with Crippen LogP contribution in [0.15, 0.2) is 89.2 Å². The van der Waals surface area contributed by atoms with Crippen molar-refractivity contribution in [2.45, 2.75) is 15.2 Å². The van der Waals surface area contributed by atoms with Gasteiger partial charge in [0.15, 0.2) is 9.84 Å². The number of carbonyl (C=O) groups is 1. The summed E-state index contributed by atoms with van der Waals surface area (Å²) >= 11 is 11.0. The monoisotopic (exact) mass is 641 g/mol. The standard InChI is InChI=1S/C26H25Cl2N3O6S3/c1-2-25(31-13-15-38(33)16-14-31)39(34,35)21-10-6-20(7-11-21)29-26(32)23-17-19(28)5-12-24(23)30-40(36,37)22-8-3-18(27)4-9-22/h2-12,17,25,30H,1,13-16H2,(H,29,32). The minimum Gasteiger partial charge on any atom is -0.616 e. The molecule has 0 spiro atoms. The number of nitrogens with one attached hydrogen (secondary N) is 2. The summed E-state index contributed by atoms with van der Waals surface area (Å²) in [5.74, 6) is 0.121. The van der Waals surface area contributed by atoms with Gasteiger partial charge in [0.2, 0.25) is 0 Å². The van der Waals surface area contributed by atoms with Gasteiger partial charge in [0, 0.05) is 28.8 Å². The molecule has 0 bridgehead atoms. The fraction of sp³-hybridized carbons (Fsp3) is 0.192. The van der Waals surface area contributed by atoms with Crippen molar-refractivity contribution in [3.8, 4) is 0 Å². The molecule has 0 radical (unpaired) electrons. The first-order valence-corrected chi connectivity index (χ1v) is 17.1. The first-order chi connectivity index (χ1) is 18.9. The van der Waals surface area contributed by atoms with E-state index in [1.807, 2.05) is 0 Å². The fourth-order valence-corrected chi connectivity index (χ4v) is 8.16. The van der Waals surface area contributed by atoms with Crippen LogP contribution in [0.25, 0.3) is 0 Å². The van der Waals surface area contributed by atoms with E-state index in [0.717, 1.165) is 0 Å². The van der Waals surface area contributed by atoms with E-state index < -0.39 is 42.3 Å². The predicted octanol–water partition coefficient (Wildman–Crippen LogP) is 4.40. The van der Waals surface area contributed by atoms with Crippen LogP contribution in [0.4, 0.5) is 11.4 Å². The minimum absolute atomic E-state index is 0.00710. The van der Waals surface area contributed by atoms with Gasteiger partial charge in [0.05, 0.1) is 21.0 Å². The molecule has 1 aliphatic rings. The Balaban J connectivity index is 1.52. The van der Waals surface area contributed by atoms with E-state index in [-0.39, 0.29) is 31.8 Å². The highest BCUT2D eigenvalue weighted by Crippen LogP contribution is 2.27. The highest BCUT2D eigenvalue weighted by Gasteiger charge is 2.34. The summed E-state index contributed by atoms with van der Waals surface area (Å²) in [4.78, 5) is 14.8. The molecular formula is C26H25Cl2N3O6S3. The molecule has 1 atom stereocenters. The summed E-state index contributed by atoms with van der Waals surface area (Å²) in [7, 11) is -7.88. The third-order valence-corrected chi connectivity index (χ3v) is 11.3.